The number of imidazole rings is 1. The predicted molar refractivity (Wildman–Crippen MR) is 81.0 cm³/mol. The molecule has 1 amide bonds. The van der Waals surface area contributed by atoms with E-state index < -0.39 is 0 Å². The Balaban J connectivity index is 2.11. The number of nitrogens with zero attached hydrogens (tertiary/aromatic N) is 3. The van der Waals surface area contributed by atoms with Crippen molar-refractivity contribution in [3.05, 3.63) is 40.4 Å². The highest BCUT2D eigenvalue weighted by molar-refractivity contribution is 9.10. The first-order chi connectivity index (χ1) is 10.2. The minimum atomic E-state index is -0.339. The van der Waals surface area contributed by atoms with E-state index in [1.54, 1.807) is 17.0 Å². The number of nitrogens with one attached hydrogen (secondary N) is 2. The van der Waals surface area contributed by atoms with Gasteiger partial charge in [0.15, 0.2) is 0 Å². The highest BCUT2D eigenvalue weighted by Gasteiger charge is 2.31. The van der Waals surface area contributed by atoms with E-state index in [1.807, 2.05) is 25.1 Å². The summed E-state index contributed by atoms with van der Waals surface area (Å²) in [6.07, 6.45) is 3.28. The van der Waals surface area contributed by atoms with E-state index in [-0.39, 0.29) is 11.9 Å². The van der Waals surface area contributed by atoms with Crippen LogP contribution in [0.5, 0.6) is 0 Å². The van der Waals surface area contributed by atoms with Crippen LogP contribution in [0.1, 0.15) is 24.4 Å². The number of halogens is 1. The molecule has 21 heavy (non-hydrogen) atoms. The van der Waals surface area contributed by atoms with Crippen molar-refractivity contribution >= 4 is 27.5 Å². The van der Waals surface area contributed by atoms with Gasteiger partial charge in [0.05, 0.1) is 5.69 Å². The van der Waals surface area contributed by atoms with Crippen LogP contribution in [-0.4, -0.2) is 22.0 Å². The highest BCUT2D eigenvalue weighted by atomic mass is 79.9. The fourth-order valence-electron chi connectivity index (χ4n) is 2.44. The Labute approximate surface area is 129 Å². The second-order valence-electron chi connectivity index (χ2n) is 4.60. The lowest BCUT2D eigenvalue weighted by Crippen LogP contribution is -2.27. The molecule has 106 valence electrons. The van der Waals surface area contributed by atoms with Crippen LogP contribution in [0.15, 0.2) is 29.0 Å². The van der Waals surface area contributed by atoms with E-state index in [0.29, 0.717) is 12.4 Å². The van der Waals surface area contributed by atoms with Gasteiger partial charge in [-0.15, -0.1) is 0 Å². The van der Waals surface area contributed by atoms with Crippen LogP contribution in [0.25, 0.3) is 5.69 Å². The topological polar surface area (TPSA) is 82.7 Å². The molecule has 0 aliphatic carbocycles. The average molecular weight is 346 g/mol. The zero-order valence-corrected chi connectivity index (χ0v) is 12.8. The van der Waals surface area contributed by atoms with E-state index in [1.165, 1.54) is 0 Å². The normalized spacial score (nSPS) is 16.4. The molecule has 0 radical (unpaired) electrons. The number of rotatable bonds is 3. The molecule has 2 N–H and O–H groups in total. The third-order valence-electron chi connectivity index (χ3n) is 3.36. The molecular formula is C14H12BrN5O. The second kappa shape index (κ2) is 5.31. The third-order valence-corrected chi connectivity index (χ3v) is 3.99. The summed E-state index contributed by atoms with van der Waals surface area (Å²) >= 11 is 3.51. The average Bonchev–Trinajstić information content (AvgIpc) is 3.04. The van der Waals surface area contributed by atoms with E-state index in [2.05, 4.69) is 31.5 Å². The van der Waals surface area contributed by atoms with E-state index in [4.69, 9.17) is 5.26 Å². The quantitative estimate of drug-likeness (QED) is 0.892. The predicted octanol–water partition coefficient (Wildman–Crippen LogP) is 2.11. The molecule has 7 heteroatoms. The number of anilines is 1. The number of likely N-dealkylation sites (N-methyl/N-ethyl adjacent to an activating group) is 1. The van der Waals surface area contributed by atoms with Gasteiger partial charge in [-0.3, -0.25) is 9.36 Å². The van der Waals surface area contributed by atoms with Gasteiger partial charge in [0.1, 0.15) is 12.1 Å². The Morgan fingerprint density at radius 1 is 1.57 bits per heavy atom. The van der Waals surface area contributed by atoms with Crippen LogP contribution in [0.3, 0.4) is 0 Å². The van der Waals surface area contributed by atoms with Crippen molar-refractivity contribution in [2.24, 2.45) is 0 Å². The molecule has 3 rings (SSSR count). The largest absolute Gasteiger partial charge is 0.324 e. The number of benzene rings is 1. The van der Waals surface area contributed by atoms with Gasteiger partial charge in [-0.05, 0) is 34.6 Å². The summed E-state index contributed by atoms with van der Waals surface area (Å²) in [4.78, 5) is 16.0. The van der Waals surface area contributed by atoms with Gasteiger partial charge in [0.2, 0.25) is 11.7 Å². The Kier molecular flexibility index (Phi) is 3.49. The summed E-state index contributed by atoms with van der Waals surface area (Å²) in [6.45, 7) is 2.66. The number of hydrogen-bond acceptors (Lipinski definition) is 4. The van der Waals surface area contributed by atoms with Gasteiger partial charge in [0.25, 0.3) is 0 Å². The fourth-order valence-corrected chi connectivity index (χ4v) is 2.99. The molecule has 0 saturated carbocycles. The van der Waals surface area contributed by atoms with Crippen LogP contribution in [0, 0.1) is 11.3 Å². The van der Waals surface area contributed by atoms with E-state index in [9.17, 15) is 4.79 Å². The van der Waals surface area contributed by atoms with Crippen molar-refractivity contribution in [2.75, 3.05) is 11.9 Å². The molecular weight excluding hydrogens is 334 g/mol. The number of amides is 1. The molecule has 0 bridgehead atoms. The molecule has 1 aliphatic heterocycles. The zero-order chi connectivity index (χ0) is 15.0. The van der Waals surface area contributed by atoms with Crippen molar-refractivity contribution in [1.29, 1.82) is 5.26 Å². The fraction of sp³-hybridized carbons (Fsp3) is 0.214. The first-order valence-electron chi connectivity index (χ1n) is 6.47. The summed E-state index contributed by atoms with van der Waals surface area (Å²) in [6, 6.07) is 5.44. The first-order valence-corrected chi connectivity index (χ1v) is 7.26. The molecule has 1 atom stereocenters. The summed E-state index contributed by atoms with van der Waals surface area (Å²) in [5, 5.41) is 15.1. The number of aromatic nitrogens is 2. The van der Waals surface area contributed by atoms with Gasteiger partial charge in [-0.25, -0.2) is 4.98 Å². The van der Waals surface area contributed by atoms with E-state index in [0.717, 1.165) is 21.4 Å². The second-order valence-corrected chi connectivity index (χ2v) is 5.46. The minimum absolute atomic E-state index is 0.0676. The third kappa shape index (κ3) is 2.22. The smallest absolute Gasteiger partial charge is 0.246 e. The number of hydrogen-bond donors (Lipinski definition) is 2. The van der Waals surface area contributed by atoms with Gasteiger partial charge < -0.3 is 10.6 Å². The summed E-state index contributed by atoms with van der Waals surface area (Å²) in [5.74, 6) is 0.227. The van der Waals surface area contributed by atoms with Crippen molar-refractivity contribution < 1.29 is 4.79 Å². The lowest BCUT2D eigenvalue weighted by molar-refractivity contribution is -0.117. The number of nitriles is 1. The number of carbonyl (C=O) groups excluding carboxylic acids is 1. The molecule has 1 aromatic carbocycles. The van der Waals surface area contributed by atoms with Crippen molar-refractivity contribution in [3.8, 4) is 11.8 Å². The van der Waals surface area contributed by atoms with Crippen LogP contribution in [0.2, 0.25) is 0 Å². The molecule has 6 nitrogen and oxygen atoms in total. The van der Waals surface area contributed by atoms with Crippen LogP contribution >= 0.6 is 15.9 Å². The van der Waals surface area contributed by atoms with Gasteiger partial charge in [0, 0.05) is 28.1 Å². The summed E-state index contributed by atoms with van der Waals surface area (Å²) in [5.41, 5.74) is 2.41. The standard InChI is InChI=1S/C14H12BrN5O/c1-2-17-13-8-5-9(15)11(6-10(8)19-14(13)21)20-4-3-18-12(20)7-16/h3-6,13,17H,2H2,1H3,(H,19,21). The molecule has 2 aromatic rings. The Bertz CT molecular complexity index is 761. The van der Waals surface area contributed by atoms with Crippen LogP contribution < -0.4 is 10.6 Å². The Hall–Kier alpha value is -2.17. The van der Waals surface area contributed by atoms with Gasteiger partial charge in [-0.1, -0.05) is 6.92 Å². The molecule has 1 unspecified atom stereocenters. The molecule has 0 spiro atoms. The van der Waals surface area contributed by atoms with Crippen molar-refractivity contribution in [2.45, 2.75) is 13.0 Å². The lowest BCUT2D eigenvalue weighted by atomic mass is 10.1. The van der Waals surface area contributed by atoms with Crippen molar-refractivity contribution in [3.63, 3.8) is 0 Å². The molecule has 0 fully saturated rings. The van der Waals surface area contributed by atoms with E-state index >= 15 is 0 Å². The monoisotopic (exact) mass is 345 g/mol. The summed E-state index contributed by atoms with van der Waals surface area (Å²) in [7, 11) is 0. The zero-order valence-electron chi connectivity index (χ0n) is 11.2. The number of fused-ring (bicyclic) bond motifs is 1. The molecule has 1 aromatic heterocycles. The minimum Gasteiger partial charge on any atom is -0.324 e. The SMILES string of the molecule is CCNC1C(=O)Nc2cc(-n3ccnc3C#N)c(Br)cc21. The lowest BCUT2D eigenvalue weighted by Gasteiger charge is -2.12. The summed E-state index contributed by atoms with van der Waals surface area (Å²) < 4.78 is 2.48. The maximum absolute atomic E-state index is 12.0. The molecule has 1 aliphatic rings. The van der Waals surface area contributed by atoms with Gasteiger partial charge in [-0.2, -0.15) is 5.26 Å². The maximum Gasteiger partial charge on any atom is 0.246 e. The highest BCUT2D eigenvalue weighted by Crippen LogP contribution is 2.36. The number of carbonyl (C=O) groups is 1. The maximum atomic E-state index is 12.0. The van der Waals surface area contributed by atoms with Crippen LogP contribution in [0.4, 0.5) is 5.69 Å². The Morgan fingerprint density at radius 3 is 3.10 bits per heavy atom. The van der Waals surface area contributed by atoms with Crippen LogP contribution in [-0.2, 0) is 4.79 Å². The van der Waals surface area contributed by atoms with Crippen molar-refractivity contribution in [1.82, 2.24) is 14.9 Å². The first kappa shape index (κ1) is 13.8. The Morgan fingerprint density at radius 2 is 2.38 bits per heavy atom. The van der Waals surface area contributed by atoms with Gasteiger partial charge >= 0.3 is 0 Å². The molecule has 2 heterocycles. The molecule has 0 saturated heterocycles.